The van der Waals surface area contributed by atoms with Crippen molar-refractivity contribution in [3.63, 3.8) is 0 Å². The van der Waals surface area contributed by atoms with E-state index < -0.39 is 5.97 Å². The summed E-state index contributed by atoms with van der Waals surface area (Å²) in [6, 6.07) is 4.97. The average Bonchev–Trinajstić information content (AvgIpc) is 2.40. The third-order valence-corrected chi connectivity index (χ3v) is 3.45. The van der Waals surface area contributed by atoms with Gasteiger partial charge in [-0.3, -0.25) is 0 Å². The highest BCUT2D eigenvalue weighted by Crippen LogP contribution is 2.21. The van der Waals surface area contributed by atoms with Crippen molar-refractivity contribution < 1.29 is 14.3 Å². The fourth-order valence-corrected chi connectivity index (χ4v) is 2.25. The minimum atomic E-state index is -0.426. The second-order valence-electron chi connectivity index (χ2n) is 4.25. The minimum Gasteiger partial charge on any atom is -0.459 e. The predicted molar refractivity (Wildman–Crippen MR) is 72.6 cm³/mol. The zero-order valence-corrected chi connectivity index (χ0v) is 11.5. The number of ether oxygens (including phenoxy) is 2. The monoisotopic (exact) mass is 286 g/mol. The molecular weight excluding hydrogens is 272 g/mol. The molecule has 3 nitrogen and oxygen atoms in total. The molecule has 1 unspecified atom stereocenters. The fraction of sp³-hybridized carbons (Fsp3) is 0.462. The number of thiol groups is 1. The van der Waals surface area contributed by atoms with Gasteiger partial charge in [-0.1, -0.05) is 11.6 Å². The number of carbonyl (C=O) groups is 1. The Balaban J connectivity index is 1.92. The van der Waals surface area contributed by atoms with Gasteiger partial charge in [0.1, 0.15) is 6.61 Å². The molecule has 1 atom stereocenters. The van der Waals surface area contributed by atoms with E-state index in [0.29, 0.717) is 15.5 Å². The maximum Gasteiger partial charge on any atom is 0.339 e. The van der Waals surface area contributed by atoms with Crippen LogP contribution in [0.4, 0.5) is 0 Å². The maximum atomic E-state index is 11.9. The van der Waals surface area contributed by atoms with Gasteiger partial charge < -0.3 is 9.47 Å². The molecule has 0 saturated carbocycles. The van der Waals surface area contributed by atoms with E-state index in [1.807, 2.05) is 0 Å². The largest absolute Gasteiger partial charge is 0.459 e. The van der Waals surface area contributed by atoms with Crippen LogP contribution in [0.5, 0.6) is 0 Å². The molecule has 98 valence electrons. The van der Waals surface area contributed by atoms with E-state index in [-0.39, 0.29) is 12.7 Å². The van der Waals surface area contributed by atoms with Crippen molar-refractivity contribution in [2.24, 2.45) is 0 Å². The molecule has 0 radical (unpaired) electrons. The van der Waals surface area contributed by atoms with Crippen molar-refractivity contribution in [2.75, 3.05) is 13.2 Å². The lowest BCUT2D eigenvalue weighted by Crippen LogP contribution is -2.26. The molecule has 1 fully saturated rings. The lowest BCUT2D eigenvalue weighted by molar-refractivity contribution is -0.0300. The lowest BCUT2D eigenvalue weighted by atomic mass is 10.1. The Kier molecular flexibility index (Phi) is 4.92. The van der Waals surface area contributed by atoms with Crippen LogP contribution in [0.15, 0.2) is 23.1 Å². The zero-order chi connectivity index (χ0) is 13.0. The van der Waals surface area contributed by atoms with Crippen molar-refractivity contribution in [3.8, 4) is 0 Å². The first-order valence-corrected chi connectivity index (χ1v) is 6.76. The highest BCUT2D eigenvalue weighted by Gasteiger charge is 2.18. The van der Waals surface area contributed by atoms with Crippen molar-refractivity contribution in [1.29, 1.82) is 0 Å². The summed E-state index contributed by atoms with van der Waals surface area (Å²) in [4.78, 5) is 12.5. The number of hydrogen-bond donors (Lipinski definition) is 1. The second-order valence-corrected chi connectivity index (χ2v) is 5.17. The van der Waals surface area contributed by atoms with Gasteiger partial charge in [0, 0.05) is 11.5 Å². The highest BCUT2D eigenvalue weighted by molar-refractivity contribution is 7.80. The first-order chi connectivity index (χ1) is 8.66. The van der Waals surface area contributed by atoms with Crippen LogP contribution in [0, 0.1) is 0 Å². The molecule has 1 aliphatic rings. The number of hydrogen-bond acceptors (Lipinski definition) is 4. The Morgan fingerprint density at radius 3 is 3.06 bits per heavy atom. The summed E-state index contributed by atoms with van der Waals surface area (Å²) in [6.07, 6.45) is 3.15. The average molecular weight is 287 g/mol. The molecule has 0 N–H and O–H groups in total. The molecule has 5 heteroatoms. The number of esters is 1. The van der Waals surface area contributed by atoms with Crippen LogP contribution < -0.4 is 0 Å². The van der Waals surface area contributed by atoms with E-state index in [4.69, 9.17) is 21.1 Å². The van der Waals surface area contributed by atoms with Gasteiger partial charge in [0.2, 0.25) is 0 Å². The number of rotatable bonds is 3. The molecule has 0 aromatic heterocycles. The summed E-state index contributed by atoms with van der Waals surface area (Å²) < 4.78 is 10.7. The summed E-state index contributed by atoms with van der Waals surface area (Å²) in [6.45, 7) is 1.03. The lowest BCUT2D eigenvalue weighted by Gasteiger charge is -2.22. The molecule has 0 spiro atoms. The smallest absolute Gasteiger partial charge is 0.339 e. The minimum absolute atomic E-state index is 0.0145. The van der Waals surface area contributed by atoms with E-state index >= 15 is 0 Å². The molecule has 18 heavy (non-hydrogen) atoms. The van der Waals surface area contributed by atoms with E-state index in [1.165, 1.54) is 0 Å². The molecule has 1 aromatic rings. The standard InChI is InChI=1S/C13H15ClO3S/c14-12-5-4-10(18)7-11(12)13(15)17-8-9-3-1-2-6-16-9/h4-5,7,9,18H,1-3,6,8H2. The van der Waals surface area contributed by atoms with E-state index in [2.05, 4.69) is 12.6 Å². The first-order valence-electron chi connectivity index (χ1n) is 5.94. The summed E-state index contributed by atoms with van der Waals surface area (Å²) in [5, 5.41) is 0.377. The Morgan fingerprint density at radius 1 is 1.50 bits per heavy atom. The van der Waals surface area contributed by atoms with Crippen LogP contribution in [-0.4, -0.2) is 25.3 Å². The Hall–Kier alpha value is -0.710. The second kappa shape index (κ2) is 6.45. The summed E-state index contributed by atoms with van der Waals surface area (Å²) in [5.74, 6) is -0.426. The Morgan fingerprint density at radius 2 is 2.33 bits per heavy atom. The Labute approximate surface area is 117 Å². The molecule has 1 heterocycles. The van der Waals surface area contributed by atoms with Gasteiger partial charge in [-0.15, -0.1) is 12.6 Å². The molecule has 0 aliphatic carbocycles. The van der Waals surface area contributed by atoms with Crippen molar-refractivity contribution in [1.82, 2.24) is 0 Å². The quantitative estimate of drug-likeness (QED) is 0.684. The van der Waals surface area contributed by atoms with Gasteiger partial charge in [-0.05, 0) is 37.5 Å². The summed E-state index contributed by atoms with van der Waals surface area (Å²) in [5.41, 5.74) is 0.347. The molecule has 0 amide bonds. The third-order valence-electron chi connectivity index (χ3n) is 2.84. The first kappa shape index (κ1) is 13.7. The van der Waals surface area contributed by atoms with E-state index in [1.54, 1.807) is 18.2 Å². The summed E-state index contributed by atoms with van der Waals surface area (Å²) >= 11 is 10.1. The predicted octanol–water partition coefficient (Wildman–Crippen LogP) is 3.35. The Bertz CT molecular complexity index is 430. The van der Waals surface area contributed by atoms with E-state index in [0.717, 1.165) is 25.9 Å². The number of halogens is 1. The highest BCUT2D eigenvalue weighted by atomic mass is 35.5. The van der Waals surface area contributed by atoms with Gasteiger partial charge in [-0.25, -0.2) is 4.79 Å². The molecule has 1 aromatic carbocycles. The third kappa shape index (κ3) is 3.64. The van der Waals surface area contributed by atoms with Gasteiger partial charge in [0.05, 0.1) is 16.7 Å². The molecule has 1 aliphatic heterocycles. The molecule has 0 bridgehead atoms. The summed E-state index contributed by atoms with van der Waals surface area (Å²) in [7, 11) is 0. The molecule has 1 saturated heterocycles. The number of benzene rings is 1. The molecule has 2 rings (SSSR count). The van der Waals surface area contributed by atoms with Crippen LogP contribution in [0.3, 0.4) is 0 Å². The van der Waals surface area contributed by atoms with Crippen LogP contribution in [0.1, 0.15) is 29.6 Å². The van der Waals surface area contributed by atoms with Gasteiger partial charge in [0.15, 0.2) is 0 Å². The zero-order valence-electron chi connectivity index (χ0n) is 9.89. The normalized spacial score (nSPS) is 19.6. The number of carbonyl (C=O) groups excluding carboxylic acids is 1. The van der Waals surface area contributed by atoms with E-state index in [9.17, 15) is 4.79 Å². The van der Waals surface area contributed by atoms with Crippen LogP contribution in [-0.2, 0) is 9.47 Å². The van der Waals surface area contributed by atoms with Gasteiger partial charge in [0.25, 0.3) is 0 Å². The van der Waals surface area contributed by atoms with Crippen molar-refractivity contribution >= 4 is 30.2 Å². The fourth-order valence-electron chi connectivity index (χ4n) is 1.85. The van der Waals surface area contributed by atoms with Crippen LogP contribution >= 0.6 is 24.2 Å². The van der Waals surface area contributed by atoms with Crippen LogP contribution in [0.2, 0.25) is 5.02 Å². The topological polar surface area (TPSA) is 35.5 Å². The van der Waals surface area contributed by atoms with Gasteiger partial charge >= 0.3 is 5.97 Å². The molecular formula is C13H15ClO3S. The van der Waals surface area contributed by atoms with Crippen molar-refractivity contribution in [3.05, 3.63) is 28.8 Å². The maximum absolute atomic E-state index is 11.9. The SMILES string of the molecule is O=C(OCC1CCCCO1)c1cc(S)ccc1Cl. The van der Waals surface area contributed by atoms with Gasteiger partial charge in [-0.2, -0.15) is 0 Å². The van der Waals surface area contributed by atoms with Crippen molar-refractivity contribution in [2.45, 2.75) is 30.3 Å². The van der Waals surface area contributed by atoms with Crippen LogP contribution in [0.25, 0.3) is 0 Å².